The molecule has 0 saturated heterocycles. The van der Waals surface area contributed by atoms with Crippen LogP contribution in [0.2, 0.25) is 0 Å². The van der Waals surface area contributed by atoms with Crippen LogP contribution in [-0.4, -0.2) is 24.7 Å². The van der Waals surface area contributed by atoms with Gasteiger partial charge < -0.3 is 16.8 Å². The molecule has 118 valence electrons. The third-order valence-electron chi connectivity index (χ3n) is 3.42. The van der Waals surface area contributed by atoms with Crippen LogP contribution in [0.3, 0.4) is 0 Å². The van der Waals surface area contributed by atoms with Crippen molar-refractivity contribution in [2.75, 3.05) is 16.8 Å². The van der Waals surface area contributed by atoms with Crippen molar-refractivity contribution in [2.45, 2.75) is 13.0 Å². The third-order valence-corrected chi connectivity index (χ3v) is 3.42. The zero-order valence-corrected chi connectivity index (χ0v) is 12.9. The number of hydrogen-bond donors (Lipinski definition) is 3. The van der Waals surface area contributed by atoms with Gasteiger partial charge in [0.2, 0.25) is 0 Å². The quantitative estimate of drug-likeness (QED) is 0.669. The number of aryl methyl sites for hydroxylation is 1. The summed E-state index contributed by atoms with van der Waals surface area (Å²) in [7, 11) is 1.87. The molecule has 0 radical (unpaired) electrons. The van der Waals surface area contributed by atoms with Gasteiger partial charge in [0.25, 0.3) is 0 Å². The molecule has 3 heterocycles. The highest BCUT2D eigenvalue weighted by Crippen LogP contribution is 2.29. The molecule has 0 spiro atoms. The molecule has 0 aliphatic heterocycles. The number of anilines is 3. The predicted octanol–water partition coefficient (Wildman–Crippen LogP) is 1.61. The highest BCUT2D eigenvalue weighted by Gasteiger charge is 2.15. The molecule has 0 amide bonds. The van der Waals surface area contributed by atoms with E-state index in [-0.39, 0.29) is 6.04 Å². The minimum Gasteiger partial charge on any atom is -0.382 e. The molecule has 0 bridgehead atoms. The van der Waals surface area contributed by atoms with Crippen molar-refractivity contribution in [3.63, 3.8) is 0 Å². The molecule has 0 aliphatic rings. The largest absolute Gasteiger partial charge is 0.382 e. The summed E-state index contributed by atoms with van der Waals surface area (Å²) in [6.45, 7) is 1.97. The van der Waals surface area contributed by atoms with Gasteiger partial charge in [-0.2, -0.15) is 5.10 Å². The molecule has 1 atom stereocenters. The summed E-state index contributed by atoms with van der Waals surface area (Å²) in [5.41, 5.74) is 14.2. The first-order chi connectivity index (χ1) is 11.0. The summed E-state index contributed by atoms with van der Waals surface area (Å²) in [5.74, 6) is 1.03. The van der Waals surface area contributed by atoms with Crippen LogP contribution in [0.15, 0.2) is 36.8 Å². The monoisotopic (exact) mass is 310 g/mol. The molecule has 3 rings (SSSR count). The summed E-state index contributed by atoms with van der Waals surface area (Å²) < 4.78 is 1.74. The van der Waals surface area contributed by atoms with E-state index in [4.69, 9.17) is 11.5 Å². The maximum absolute atomic E-state index is 6.05. The van der Waals surface area contributed by atoms with Crippen LogP contribution < -0.4 is 16.8 Å². The summed E-state index contributed by atoms with van der Waals surface area (Å²) >= 11 is 0. The number of aromatic nitrogens is 5. The van der Waals surface area contributed by atoms with Gasteiger partial charge in [-0.15, -0.1) is 0 Å². The summed E-state index contributed by atoms with van der Waals surface area (Å²) in [6, 6.07) is 5.51. The number of rotatable bonds is 4. The lowest BCUT2D eigenvalue weighted by molar-refractivity contribution is 0.718. The number of nitrogens with two attached hydrogens (primary N) is 2. The molecule has 3 aromatic heterocycles. The molecular formula is C15H18N8. The first kappa shape index (κ1) is 14.8. The van der Waals surface area contributed by atoms with Gasteiger partial charge >= 0.3 is 0 Å². The standard InChI is InChI=1S/C15H18N8/c1-9(11-5-7-23(2)22-11)19-12-13(16)20-15(21-14(12)17)10-4-3-6-18-8-10/h3-9,19H,1-2H3,(H4,16,17,20,21). The number of nitrogens with zero attached hydrogens (tertiary/aromatic N) is 5. The number of pyridine rings is 1. The Bertz CT molecular complexity index is 788. The van der Waals surface area contributed by atoms with Crippen molar-refractivity contribution in [1.29, 1.82) is 0 Å². The van der Waals surface area contributed by atoms with Crippen LogP contribution in [0.4, 0.5) is 17.3 Å². The lowest BCUT2D eigenvalue weighted by atomic mass is 10.2. The van der Waals surface area contributed by atoms with E-state index in [9.17, 15) is 0 Å². The second kappa shape index (κ2) is 5.91. The summed E-state index contributed by atoms with van der Waals surface area (Å²) in [4.78, 5) is 12.7. The van der Waals surface area contributed by atoms with Gasteiger partial charge in [-0.1, -0.05) is 0 Å². The van der Waals surface area contributed by atoms with E-state index < -0.39 is 0 Å². The van der Waals surface area contributed by atoms with E-state index in [2.05, 4.69) is 25.4 Å². The number of hydrogen-bond acceptors (Lipinski definition) is 7. The average molecular weight is 310 g/mol. The Balaban J connectivity index is 1.89. The normalized spacial score (nSPS) is 12.1. The molecule has 1 unspecified atom stereocenters. The molecule has 23 heavy (non-hydrogen) atoms. The zero-order chi connectivity index (χ0) is 16.4. The highest BCUT2D eigenvalue weighted by molar-refractivity contribution is 5.77. The van der Waals surface area contributed by atoms with Crippen LogP contribution in [0.1, 0.15) is 18.7 Å². The van der Waals surface area contributed by atoms with Crippen LogP contribution in [0.5, 0.6) is 0 Å². The van der Waals surface area contributed by atoms with Crippen LogP contribution in [-0.2, 0) is 7.05 Å². The second-order valence-corrected chi connectivity index (χ2v) is 5.21. The highest BCUT2D eigenvalue weighted by atomic mass is 15.3. The average Bonchev–Trinajstić information content (AvgIpc) is 2.98. The molecule has 0 aliphatic carbocycles. The van der Waals surface area contributed by atoms with Crippen molar-refractivity contribution >= 4 is 17.3 Å². The predicted molar refractivity (Wildman–Crippen MR) is 89.3 cm³/mol. The lowest BCUT2D eigenvalue weighted by Gasteiger charge is -2.16. The van der Waals surface area contributed by atoms with Crippen LogP contribution in [0, 0.1) is 0 Å². The van der Waals surface area contributed by atoms with Gasteiger partial charge in [-0.05, 0) is 25.1 Å². The fourth-order valence-electron chi connectivity index (χ4n) is 2.22. The van der Waals surface area contributed by atoms with Crippen molar-refractivity contribution in [1.82, 2.24) is 24.7 Å². The fraction of sp³-hybridized carbons (Fsp3) is 0.200. The Morgan fingerprint density at radius 1 is 1.17 bits per heavy atom. The van der Waals surface area contributed by atoms with Gasteiger partial charge in [0, 0.05) is 31.2 Å². The Morgan fingerprint density at radius 2 is 1.91 bits per heavy atom. The smallest absolute Gasteiger partial charge is 0.165 e. The first-order valence-electron chi connectivity index (χ1n) is 7.14. The van der Waals surface area contributed by atoms with Crippen molar-refractivity contribution < 1.29 is 0 Å². The molecule has 0 saturated carbocycles. The van der Waals surface area contributed by atoms with Crippen LogP contribution in [0.25, 0.3) is 11.4 Å². The molecule has 8 nitrogen and oxygen atoms in total. The SMILES string of the molecule is CC(Nc1c(N)nc(-c2cccnc2)nc1N)c1ccn(C)n1. The topological polar surface area (TPSA) is 121 Å². The molecule has 3 aromatic rings. The second-order valence-electron chi connectivity index (χ2n) is 5.21. The molecule has 8 heteroatoms. The number of nitrogens with one attached hydrogen (secondary N) is 1. The van der Waals surface area contributed by atoms with E-state index >= 15 is 0 Å². The molecule has 0 aromatic carbocycles. The van der Waals surface area contributed by atoms with E-state index in [1.54, 1.807) is 23.1 Å². The van der Waals surface area contributed by atoms with Gasteiger partial charge in [0.05, 0.1) is 11.7 Å². The molecule has 5 N–H and O–H groups in total. The van der Waals surface area contributed by atoms with Crippen molar-refractivity contribution in [3.05, 3.63) is 42.5 Å². The third kappa shape index (κ3) is 3.05. The maximum Gasteiger partial charge on any atom is 0.165 e. The van der Waals surface area contributed by atoms with E-state index in [0.717, 1.165) is 11.3 Å². The van der Waals surface area contributed by atoms with Gasteiger partial charge in [0.15, 0.2) is 17.5 Å². The maximum atomic E-state index is 6.05. The number of nitrogen functional groups attached to an aromatic ring is 2. The van der Waals surface area contributed by atoms with E-state index in [0.29, 0.717) is 23.1 Å². The summed E-state index contributed by atoms with van der Waals surface area (Å²) in [5, 5.41) is 7.57. The minimum absolute atomic E-state index is 0.0753. The van der Waals surface area contributed by atoms with Crippen LogP contribution >= 0.6 is 0 Å². The summed E-state index contributed by atoms with van der Waals surface area (Å²) in [6.07, 6.45) is 5.22. The fourth-order valence-corrected chi connectivity index (χ4v) is 2.22. The van der Waals surface area contributed by atoms with Gasteiger partial charge in [-0.3, -0.25) is 9.67 Å². The molecular weight excluding hydrogens is 292 g/mol. The Labute approximate surface area is 133 Å². The Morgan fingerprint density at radius 3 is 2.48 bits per heavy atom. The van der Waals surface area contributed by atoms with E-state index in [1.807, 2.05) is 32.3 Å². The Hall–Kier alpha value is -3.16. The Kier molecular flexibility index (Phi) is 3.80. The van der Waals surface area contributed by atoms with Gasteiger partial charge in [-0.25, -0.2) is 9.97 Å². The van der Waals surface area contributed by atoms with Crippen molar-refractivity contribution in [2.24, 2.45) is 7.05 Å². The van der Waals surface area contributed by atoms with Gasteiger partial charge in [0.1, 0.15) is 5.69 Å². The molecule has 0 fully saturated rings. The van der Waals surface area contributed by atoms with E-state index in [1.165, 1.54) is 0 Å². The first-order valence-corrected chi connectivity index (χ1v) is 7.14. The minimum atomic E-state index is -0.0753. The van der Waals surface area contributed by atoms with Crippen molar-refractivity contribution in [3.8, 4) is 11.4 Å². The lowest BCUT2D eigenvalue weighted by Crippen LogP contribution is -2.13. The zero-order valence-electron chi connectivity index (χ0n) is 12.9.